The van der Waals surface area contributed by atoms with Crippen LogP contribution < -0.4 is 0 Å². The Labute approximate surface area is 167 Å². The van der Waals surface area contributed by atoms with Crippen LogP contribution in [-0.4, -0.2) is 45.7 Å². The van der Waals surface area contributed by atoms with Gasteiger partial charge in [0, 0.05) is 29.4 Å². The first-order chi connectivity index (χ1) is 13.7. The Morgan fingerprint density at radius 3 is 2.50 bits per heavy atom. The van der Waals surface area contributed by atoms with Gasteiger partial charge in [-0.15, -0.1) is 11.8 Å². The van der Waals surface area contributed by atoms with Crippen LogP contribution in [0.1, 0.15) is 11.1 Å². The molecule has 1 aromatic heterocycles. The average Bonchev–Trinajstić information content (AvgIpc) is 3.24. The van der Waals surface area contributed by atoms with Crippen molar-refractivity contribution in [2.45, 2.75) is 6.42 Å². The fraction of sp³-hybridized carbons (Fsp3) is 0.182. The van der Waals surface area contributed by atoms with Crippen molar-refractivity contribution in [3.8, 4) is 0 Å². The Morgan fingerprint density at radius 2 is 1.71 bits per heavy atom. The smallest absolute Gasteiger partial charge is 0.267 e. The maximum Gasteiger partial charge on any atom is 0.267 e. The number of imide groups is 1. The predicted octanol–water partition coefficient (Wildman–Crippen LogP) is 3.22. The molecule has 0 aliphatic carbocycles. The van der Waals surface area contributed by atoms with E-state index in [9.17, 15) is 14.7 Å². The fourth-order valence-electron chi connectivity index (χ4n) is 3.47. The number of H-pyrrole nitrogens is 1. The first-order valence-corrected chi connectivity index (χ1v) is 10.1. The second-order valence-corrected chi connectivity index (χ2v) is 7.62. The van der Waals surface area contributed by atoms with Gasteiger partial charge < -0.3 is 10.1 Å². The molecule has 2 N–H and O–H groups in total. The average molecular weight is 392 g/mol. The Hall–Kier alpha value is -2.83. The Morgan fingerprint density at radius 1 is 0.964 bits per heavy atom. The van der Waals surface area contributed by atoms with E-state index >= 15 is 0 Å². The highest BCUT2D eigenvalue weighted by molar-refractivity contribution is 8.04. The van der Waals surface area contributed by atoms with Gasteiger partial charge in [-0.2, -0.15) is 0 Å². The molecule has 0 saturated heterocycles. The summed E-state index contributed by atoms with van der Waals surface area (Å²) in [4.78, 5) is 31.0. The number of rotatable bonds is 7. The molecule has 0 saturated carbocycles. The molecule has 1 aliphatic heterocycles. The topological polar surface area (TPSA) is 73.4 Å². The van der Waals surface area contributed by atoms with Gasteiger partial charge in [-0.3, -0.25) is 14.5 Å². The maximum absolute atomic E-state index is 13.1. The normalized spacial score (nSPS) is 14.5. The maximum atomic E-state index is 13.1. The number of aromatic nitrogens is 1. The van der Waals surface area contributed by atoms with Crippen LogP contribution in [0.3, 0.4) is 0 Å². The highest BCUT2D eigenvalue weighted by atomic mass is 32.2. The van der Waals surface area contributed by atoms with E-state index in [0.29, 0.717) is 29.2 Å². The number of carbonyl (C=O) groups is 2. The number of thioether (sulfide) groups is 1. The quantitative estimate of drug-likeness (QED) is 0.606. The van der Waals surface area contributed by atoms with Crippen LogP contribution in [0.4, 0.5) is 0 Å². The second-order valence-electron chi connectivity index (χ2n) is 6.51. The van der Waals surface area contributed by atoms with Crippen molar-refractivity contribution in [1.82, 2.24) is 9.88 Å². The highest BCUT2D eigenvalue weighted by Gasteiger charge is 2.38. The number of benzene rings is 2. The van der Waals surface area contributed by atoms with E-state index in [2.05, 4.69) is 4.98 Å². The van der Waals surface area contributed by atoms with Crippen LogP contribution in [0, 0.1) is 0 Å². The minimum Gasteiger partial charge on any atom is -0.396 e. The third kappa shape index (κ3) is 3.37. The van der Waals surface area contributed by atoms with Gasteiger partial charge in [-0.05, 0) is 23.6 Å². The van der Waals surface area contributed by atoms with E-state index in [1.807, 2.05) is 60.8 Å². The van der Waals surface area contributed by atoms with Gasteiger partial charge in [0.15, 0.2) is 0 Å². The summed E-state index contributed by atoms with van der Waals surface area (Å²) < 4.78 is 0. The first kappa shape index (κ1) is 18.5. The molecule has 2 aromatic carbocycles. The SMILES string of the molecule is O=C1C(SCCO)=C(c2ccccc2)C(=O)N1CCc1c[nH]c2ccccc12. The zero-order valence-electron chi connectivity index (χ0n) is 15.2. The van der Waals surface area contributed by atoms with E-state index < -0.39 is 0 Å². The molecule has 5 nitrogen and oxygen atoms in total. The van der Waals surface area contributed by atoms with E-state index in [1.165, 1.54) is 16.7 Å². The number of aliphatic hydroxyl groups excluding tert-OH is 1. The van der Waals surface area contributed by atoms with Gasteiger partial charge in [0.25, 0.3) is 11.8 Å². The van der Waals surface area contributed by atoms with Gasteiger partial charge in [0.1, 0.15) is 0 Å². The van der Waals surface area contributed by atoms with Crippen molar-refractivity contribution >= 4 is 40.1 Å². The molecule has 0 unspecified atom stereocenters. The minimum absolute atomic E-state index is 0.0486. The fourth-order valence-corrected chi connectivity index (χ4v) is 4.35. The summed E-state index contributed by atoms with van der Waals surface area (Å²) in [5.41, 5.74) is 3.28. The van der Waals surface area contributed by atoms with Crippen LogP contribution in [0.5, 0.6) is 0 Å². The molecule has 0 atom stereocenters. The Bertz CT molecular complexity index is 1060. The number of para-hydroxylation sites is 1. The van der Waals surface area contributed by atoms with Crippen LogP contribution >= 0.6 is 11.8 Å². The number of nitrogens with zero attached hydrogens (tertiary/aromatic N) is 1. The molecule has 2 heterocycles. The number of fused-ring (bicyclic) bond motifs is 1. The molecule has 1 aliphatic rings. The van der Waals surface area contributed by atoms with Crippen molar-refractivity contribution in [1.29, 1.82) is 0 Å². The summed E-state index contributed by atoms with van der Waals surface area (Å²) in [6.45, 7) is 0.270. The second kappa shape index (κ2) is 8.04. The van der Waals surface area contributed by atoms with Gasteiger partial charge in [-0.1, -0.05) is 48.5 Å². The van der Waals surface area contributed by atoms with Crippen molar-refractivity contribution in [2.24, 2.45) is 0 Å². The lowest BCUT2D eigenvalue weighted by Gasteiger charge is -2.14. The van der Waals surface area contributed by atoms with Crippen LogP contribution in [0.25, 0.3) is 16.5 Å². The van der Waals surface area contributed by atoms with E-state index in [4.69, 9.17) is 0 Å². The molecule has 6 heteroatoms. The molecular formula is C22H20N2O3S. The molecule has 28 heavy (non-hydrogen) atoms. The van der Waals surface area contributed by atoms with E-state index in [-0.39, 0.29) is 18.4 Å². The summed E-state index contributed by atoms with van der Waals surface area (Å²) in [5.74, 6) is -0.167. The molecule has 0 radical (unpaired) electrons. The van der Waals surface area contributed by atoms with E-state index in [1.54, 1.807) is 0 Å². The van der Waals surface area contributed by atoms with Gasteiger partial charge in [0.2, 0.25) is 0 Å². The Kier molecular flexibility index (Phi) is 5.32. The number of aromatic amines is 1. The lowest BCUT2D eigenvalue weighted by Crippen LogP contribution is -2.33. The molecular weight excluding hydrogens is 372 g/mol. The standard InChI is InChI=1S/C22H20N2O3S/c25-12-13-28-20-19(15-6-2-1-3-7-15)21(26)24(22(20)27)11-10-16-14-23-18-9-5-4-8-17(16)18/h1-9,14,23,25H,10-13H2. The van der Waals surface area contributed by atoms with Crippen LogP contribution in [-0.2, 0) is 16.0 Å². The number of nitrogens with one attached hydrogen (secondary N) is 1. The lowest BCUT2D eigenvalue weighted by atomic mass is 10.1. The first-order valence-electron chi connectivity index (χ1n) is 9.15. The third-order valence-electron chi connectivity index (χ3n) is 4.81. The number of carbonyl (C=O) groups excluding carboxylic acids is 2. The molecule has 0 fully saturated rings. The number of aliphatic hydroxyl groups is 1. The van der Waals surface area contributed by atoms with Crippen molar-refractivity contribution < 1.29 is 14.7 Å². The number of hydrogen-bond donors (Lipinski definition) is 2. The monoisotopic (exact) mass is 392 g/mol. The zero-order chi connectivity index (χ0) is 19.5. The zero-order valence-corrected chi connectivity index (χ0v) is 16.0. The Balaban J connectivity index is 1.59. The van der Waals surface area contributed by atoms with Crippen molar-refractivity contribution in [3.05, 3.63) is 76.8 Å². The molecule has 4 rings (SSSR count). The summed E-state index contributed by atoms with van der Waals surface area (Å²) in [6, 6.07) is 17.2. The molecule has 2 amide bonds. The van der Waals surface area contributed by atoms with Crippen molar-refractivity contribution in [2.75, 3.05) is 18.9 Å². The lowest BCUT2D eigenvalue weighted by molar-refractivity contribution is -0.136. The van der Waals surface area contributed by atoms with Crippen LogP contribution in [0.2, 0.25) is 0 Å². The number of amides is 2. The minimum atomic E-state index is -0.276. The number of hydrogen-bond acceptors (Lipinski definition) is 4. The predicted molar refractivity (Wildman–Crippen MR) is 112 cm³/mol. The van der Waals surface area contributed by atoms with Gasteiger partial charge in [0.05, 0.1) is 17.1 Å². The van der Waals surface area contributed by atoms with Crippen molar-refractivity contribution in [3.63, 3.8) is 0 Å². The summed E-state index contributed by atoms with van der Waals surface area (Å²) in [6.07, 6.45) is 2.52. The molecule has 0 spiro atoms. The largest absolute Gasteiger partial charge is 0.396 e. The third-order valence-corrected chi connectivity index (χ3v) is 5.86. The highest BCUT2D eigenvalue weighted by Crippen LogP contribution is 2.36. The summed E-state index contributed by atoms with van der Waals surface area (Å²) in [7, 11) is 0. The summed E-state index contributed by atoms with van der Waals surface area (Å²) >= 11 is 1.24. The molecule has 3 aromatic rings. The molecule has 0 bridgehead atoms. The van der Waals surface area contributed by atoms with E-state index in [0.717, 1.165) is 22.0 Å². The summed E-state index contributed by atoms with van der Waals surface area (Å²) in [5, 5.41) is 10.3. The van der Waals surface area contributed by atoms with Gasteiger partial charge >= 0.3 is 0 Å². The van der Waals surface area contributed by atoms with Crippen LogP contribution in [0.15, 0.2) is 65.7 Å². The molecule has 142 valence electrons. The van der Waals surface area contributed by atoms with Gasteiger partial charge in [-0.25, -0.2) is 0 Å².